The maximum atomic E-state index is 12.2. The van der Waals surface area contributed by atoms with Crippen LogP contribution >= 0.6 is 35.0 Å². The van der Waals surface area contributed by atoms with Crippen molar-refractivity contribution in [2.75, 3.05) is 13.2 Å². The molecule has 1 saturated heterocycles. The van der Waals surface area contributed by atoms with Crippen LogP contribution in [0.15, 0.2) is 17.0 Å². The molecule has 2 rings (SSSR count). The Morgan fingerprint density at radius 2 is 1.96 bits per heavy atom. The second-order valence-electron chi connectivity index (χ2n) is 4.41. The number of benzene rings is 1. The van der Waals surface area contributed by atoms with Gasteiger partial charge in [0, 0.05) is 0 Å². The summed E-state index contributed by atoms with van der Waals surface area (Å²) in [5.41, 5.74) is 0.444. The number of esters is 1. The molecule has 1 heterocycles. The lowest BCUT2D eigenvalue weighted by molar-refractivity contribution is -0.145. The van der Waals surface area contributed by atoms with Crippen LogP contribution in [0.25, 0.3) is 6.08 Å². The van der Waals surface area contributed by atoms with Gasteiger partial charge < -0.3 is 9.84 Å². The maximum Gasteiger partial charge on any atom is 0.326 e. The van der Waals surface area contributed by atoms with Gasteiger partial charge in [-0.15, -0.1) is 0 Å². The summed E-state index contributed by atoms with van der Waals surface area (Å²) in [5, 5.41) is 8.99. The number of phenols is 1. The molecule has 122 valence electrons. The quantitative estimate of drug-likeness (QED) is 0.641. The van der Waals surface area contributed by atoms with Gasteiger partial charge in [0.05, 0.1) is 21.6 Å². The summed E-state index contributed by atoms with van der Waals surface area (Å²) < 4.78 is 4.72. The molecule has 0 radical (unpaired) electrons. The Morgan fingerprint density at radius 1 is 1.35 bits per heavy atom. The zero-order chi connectivity index (χ0) is 17.1. The third kappa shape index (κ3) is 3.99. The number of carbonyl (C=O) groups excluding carboxylic acids is 3. The zero-order valence-electron chi connectivity index (χ0n) is 11.8. The maximum absolute atomic E-state index is 12.2. The fourth-order valence-electron chi connectivity index (χ4n) is 1.79. The highest BCUT2D eigenvalue weighted by Crippen LogP contribution is 2.36. The summed E-state index contributed by atoms with van der Waals surface area (Å²) in [6.45, 7) is 1.35. The average Bonchev–Trinajstić information content (AvgIpc) is 2.72. The van der Waals surface area contributed by atoms with Crippen LogP contribution in [0.1, 0.15) is 12.5 Å². The Labute approximate surface area is 146 Å². The number of carbonyl (C=O) groups is 3. The third-order valence-corrected chi connectivity index (χ3v) is 4.29. The van der Waals surface area contributed by atoms with E-state index in [4.69, 9.17) is 27.9 Å². The standard InChI is InChI=1S/C14H11Cl2NO5S/c1-2-22-11(18)6-17-13(20)10(23-14(17)21)5-7-3-8(15)12(19)9(16)4-7/h3-5,19H,2,6H2,1H3/b10-5+. The van der Waals surface area contributed by atoms with Crippen molar-refractivity contribution in [2.45, 2.75) is 6.92 Å². The number of thioether (sulfide) groups is 1. The van der Waals surface area contributed by atoms with E-state index in [0.29, 0.717) is 17.3 Å². The first-order valence-electron chi connectivity index (χ1n) is 6.42. The van der Waals surface area contributed by atoms with Crippen LogP contribution in [0, 0.1) is 0 Å². The van der Waals surface area contributed by atoms with Crippen molar-refractivity contribution in [2.24, 2.45) is 0 Å². The molecule has 1 N–H and O–H groups in total. The van der Waals surface area contributed by atoms with E-state index < -0.39 is 23.7 Å². The molecule has 1 aliphatic heterocycles. The Bertz CT molecular complexity index is 696. The zero-order valence-corrected chi connectivity index (χ0v) is 14.2. The predicted octanol–water partition coefficient (Wildman–Crippen LogP) is 3.30. The summed E-state index contributed by atoms with van der Waals surface area (Å²) >= 11 is 12.3. The molecule has 1 aromatic rings. The number of imide groups is 1. The van der Waals surface area contributed by atoms with Crippen molar-refractivity contribution in [3.63, 3.8) is 0 Å². The second-order valence-corrected chi connectivity index (χ2v) is 6.21. The van der Waals surface area contributed by atoms with Gasteiger partial charge in [-0.2, -0.15) is 0 Å². The molecule has 0 bridgehead atoms. The molecule has 23 heavy (non-hydrogen) atoms. The van der Waals surface area contributed by atoms with Gasteiger partial charge >= 0.3 is 5.97 Å². The third-order valence-electron chi connectivity index (χ3n) is 2.80. The Kier molecular flexibility index (Phi) is 5.56. The first-order valence-corrected chi connectivity index (χ1v) is 7.99. The molecule has 1 fully saturated rings. The van der Waals surface area contributed by atoms with Crippen molar-refractivity contribution >= 4 is 58.2 Å². The molecule has 0 aliphatic carbocycles. The summed E-state index contributed by atoms with van der Waals surface area (Å²) in [7, 11) is 0. The SMILES string of the molecule is CCOC(=O)CN1C(=O)S/C(=C/c2cc(Cl)c(O)c(Cl)c2)C1=O. The average molecular weight is 376 g/mol. The molecule has 9 heteroatoms. The van der Waals surface area contributed by atoms with Crippen molar-refractivity contribution in [3.8, 4) is 5.75 Å². The number of hydrogen-bond donors (Lipinski definition) is 1. The van der Waals surface area contributed by atoms with E-state index in [1.165, 1.54) is 18.2 Å². The first-order chi connectivity index (χ1) is 10.8. The van der Waals surface area contributed by atoms with E-state index in [-0.39, 0.29) is 27.3 Å². The number of rotatable bonds is 4. The lowest BCUT2D eigenvalue weighted by atomic mass is 10.2. The van der Waals surface area contributed by atoms with Gasteiger partial charge in [0.2, 0.25) is 0 Å². The summed E-state index contributed by atoms with van der Waals surface area (Å²) in [6.07, 6.45) is 1.41. The number of halogens is 2. The monoisotopic (exact) mass is 375 g/mol. The normalized spacial score (nSPS) is 16.3. The Balaban J connectivity index is 2.23. The topological polar surface area (TPSA) is 83.9 Å². The fraction of sp³-hybridized carbons (Fsp3) is 0.214. The minimum Gasteiger partial charge on any atom is -0.505 e. The molecule has 0 aromatic heterocycles. The summed E-state index contributed by atoms with van der Waals surface area (Å²) in [5.74, 6) is -1.53. The molecule has 0 saturated carbocycles. The lowest BCUT2D eigenvalue weighted by Gasteiger charge is -2.10. The number of phenolic OH excluding ortho intramolecular Hbond substituents is 1. The number of hydrogen-bond acceptors (Lipinski definition) is 6. The van der Waals surface area contributed by atoms with Gasteiger partial charge in [0.15, 0.2) is 5.75 Å². The smallest absolute Gasteiger partial charge is 0.326 e. The second kappa shape index (κ2) is 7.25. The Morgan fingerprint density at radius 3 is 2.52 bits per heavy atom. The molecule has 6 nitrogen and oxygen atoms in total. The molecular formula is C14H11Cl2NO5S. The van der Waals surface area contributed by atoms with Gasteiger partial charge in [0.1, 0.15) is 6.54 Å². The van der Waals surface area contributed by atoms with Crippen LogP contribution < -0.4 is 0 Å². The molecule has 2 amide bonds. The fourth-order valence-corrected chi connectivity index (χ4v) is 3.13. The largest absolute Gasteiger partial charge is 0.505 e. The first kappa shape index (κ1) is 17.7. The molecular weight excluding hydrogens is 365 g/mol. The molecule has 0 unspecified atom stereocenters. The molecule has 1 aliphatic rings. The van der Waals surface area contributed by atoms with E-state index in [0.717, 1.165) is 4.90 Å². The number of aromatic hydroxyl groups is 1. The predicted molar refractivity (Wildman–Crippen MR) is 87.4 cm³/mol. The van der Waals surface area contributed by atoms with Crippen molar-refractivity contribution < 1.29 is 24.2 Å². The Hall–Kier alpha value is -1.70. The van der Waals surface area contributed by atoms with Crippen LogP contribution in [0.4, 0.5) is 4.79 Å². The highest BCUT2D eigenvalue weighted by Gasteiger charge is 2.36. The van der Waals surface area contributed by atoms with E-state index in [1.54, 1.807) is 6.92 Å². The van der Waals surface area contributed by atoms with Gasteiger partial charge in [-0.25, -0.2) is 0 Å². The van der Waals surface area contributed by atoms with E-state index >= 15 is 0 Å². The van der Waals surface area contributed by atoms with Crippen LogP contribution in [-0.2, 0) is 14.3 Å². The van der Waals surface area contributed by atoms with Crippen molar-refractivity contribution in [1.82, 2.24) is 4.90 Å². The van der Waals surface area contributed by atoms with E-state index in [1.807, 2.05) is 0 Å². The summed E-state index contributed by atoms with van der Waals surface area (Å²) in [6, 6.07) is 2.81. The highest BCUT2D eigenvalue weighted by molar-refractivity contribution is 8.18. The van der Waals surface area contributed by atoms with E-state index in [9.17, 15) is 19.5 Å². The number of nitrogens with zero attached hydrogens (tertiary/aromatic N) is 1. The highest BCUT2D eigenvalue weighted by atomic mass is 35.5. The van der Waals surface area contributed by atoms with Gasteiger partial charge in [0.25, 0.3) is 11.1 Å². The van der Waals surface area contributed by atoms with Gasteiger partial charge in [-0.3, -0.25) is 19.3 Å². The summed E-state index contributed by atoms with van der Waals surface area (Å²) in [4.78, 5) is 36.4. The number of ether oxygens (including phenoxy) is 1. The van der Waals surface area contributed by atoms with E-state index in [2.05, 4.69) is 0 Å². The molecule has 0 atom stereocenters. The lowest BCUT2D eigenvalue weighted by Crippen LogP contribution is -2.34. The van der Waals surface area contributed by atoms with Crippen LogP contribution in [0.2, 0.25) is 10.0 Å². The van der Waals surface area contributed by atoms with Crippen LogP contribution in [0.5, 0.6) is 5.75 Å². The number of amides is 2. The van der Waals surface area contributed by atoms with Crippen molar-refractivity contribution in [1.29, 1.82) is 0 Å². The molecule has 0 spiro atoms. The van der Waals surface area contributed by atoms with Crippen LogP contribution in [0.3, 0.4) is 0 Å². The van der Waals surface area contributed by atoms with Gasteiger partial charge in [-0.05, 0) is 42.5 Å². The van der Waals surface area contributed by atoms with Crippen molar-refractivity contribution in [3.05, 3.63) is 32.6 Å². The van der Waals surface area contributed by atoms with Crippen LogP contribution in [-0.4, -0.2) is 40.3 Å². The molecule has 1 aromatic carbocycles. The van der Waals surface area contributed by atoms with Gasteiger partial charge in [-0.1, -0.05) is 23.2 Å². The minimum atomic E-state index is -0.660. The minimum absolute atomic E-state index is 0.0227.